The van der Waals surface area contributed by atoms with E-state index >= 15 is 0 Å². The maximum atomic E-state index is 11.3. The molecule has 0 atom stereocenters. The Labute approximate surface area is 149 Å². The summed E-state index contributed by atoms with van der Waals surface area (Å²) in [6.45, 7) is 3.00. The van der Waals surface area contributed by atoms with E-state index in [1.165, 1.54) is 6.20 Å². The third kappa shape index (κ3) is 3.67. The standard InChI is InChI=1S/C19H17ClN2O3/c1-2-21-7-8-25-13-5-3-12(4-6-13)14-9-15-16(19(23)24)11-22-18(15)10-17(14)20/h2-6,9-11,22H,7-8H2,1H3,(H,23,24). The van der Waals surface area contributed by atoms with Crippen LogP contribution in [0, 0.1) is 0 Å². The minimum atomic E-state index is -0.974. The number of aromatic amines is 1. The maximum absolute atomic E-state index is 11.3. The number of aromatic carboxylic acids is 1. The van der Waals surface area contributed by atoms with Gasteiger partial charge >= 0.3 is 5.97 Å². The second-order valence-corrected chi connectivity index (χ2v) is 5.83. The summed E-state index contributed by atoms with van der Waals surface area (Å²) in [5.41, 5.74) is 2.59. The Hall–Kier alpha value is -2.79. The van der Waals surface area contributed by atoms with Crippen molar-refractivity contribution in [3.8, 4) is 16.9 Å². The highest BCUT2D eigenvalue weighted by Crippen LogP contribution is 2.34. The fourth-order valence-electron chi connectivity index (χ4n) is 2.62. The van der Waals surface area contributed by atoms with Crippen molar-refractivity contribution in [3.05, 3.63) is 53.2 Å². The number of aliphatic imine (C=N–C) groups is 1. The van der Waals surface area contributed by atoms with E-state index < -0.39 is 5.97 Å². The molecule has 0 amide bonds. The monoisotopic (exact) mass is 356 g/mol. The van der Waals surface area contributed by atoms with Gasteiger partial charge in [0, 0.05) is 22.7 Å². The second kappa shape index (κ2) is 7.40. The Morgan fingerprint density at radius 1 is 1.32 bits per heavy atom. The highest BCUT2D eigenvalue weighted by Gasteiger charge is 2.14. The minimum Gasteiger partial charge on any atom is -0.492 e. The molecular weight excluding hydrogens is 340 g/mol. The summed E-state index contributed by atoms with van der Waals surface area (Å²) in [5.74, 6) is -0.224. The number of carboxylic acid groups (broad SMARTS) is 1. The number of nitrogens with zero attached hydrogens (tertiary/aromatic N) is 1. The number of halogens is 1. The van der Waals surface area contributed by atoms with Gasteiger partial charge in [0.1, 0.15) is 12.4 Å². The Kier molecular flexibility index (Phi) is 5.05. The number of aromatic nitrogens is 1. The van der Waals surface area contributed by atoms with Crippen LogP contribution in [-0.4, -0.2) is 35.4 Å². The van der Waals surface area contributed by atoms with E-state index in [1.807, 2.05) is 31.2 Å². The summed E-state index contributed by atoms with van der Waals surface area (Å²) < 4.78 is 5.61. The fraction of sp³-hybridized carbons (Fsp3) is 0.158. The van der Waals surface area contributed by atoms with Crippen LogP contribution in [0.1, 0.15) is 17.3 Å². The first-order valence-electron chi connectivity index (χ1n) is 7.81. The van der Waals surface area contributed by atoms with Crippen LogP contribution in [0.5, 0.6) is 5.75 Å². The lowest BCUT2D eigenvalue weighted by Crippen LogP contribution is -2.00. The van der Waals surface area contributed by atoms with Gasteiger partial charge in [-0.1, -0.05) is 23.7 Å². The van der Waals surface area contributed by atoms with Gasteiger partial charge in [0.2, 0.25) is 0 Å². The first kappa shape index (κ1) is 17.0. The molecule has 6 heteroatoms. The largest absolute Gasteiger partial charge is 0.492 e. The second-order valence-electron chi connectivity index (χ2n) is 5.42. The Balaban J connectivity index is 1.89. The Morgan fingerprint density at radius 3 is 2.76 bits per heavy atom. The first-order valence-corrected chi connectivity index (χ1v) is 8.19. The smallest absolute Gasteiger partial charge is 0.337 e. The van der Waals surface area contributed by atoms with E-state index in [0.29, 0.717) is 29.1 Å². The zero-order valence-corrected chi connectivity index (χ0v) is 14.4. The van der Waals surface area contributed by atoms with Crippen LogP contribution in [0.25, 0.3) is 22.0 Å². The molecule has 0 aliphatic rings. The lowest BCUT2D eigenvalue weighted by molar-refractivity contribution is 0.0699. The topological polar surface area (TPSA) is 74.7 Å². The molecule has 2 N–H and O–H groups in total. The normalized spacial score (nSPS) is 11.3. The molecular formula is C19H17ClN2O3. The van der Waals surface area contributed by atoms with Crippen LogP contribution in [0.15, 0.2) is 47.6 Å². The molecule has 0 aliphatic heterocycles. The van der Waals surface area contributed by atoms with Gasteiger partial charge in [0.25, 0.3) is 0 Å². The van der Waals surface area contributed by atoms with Gasteiger partial charge in [-0.2, -0.15) is 0 Å². The molecule has 0 unspecified atom stereocenters. The van der Waals surface area contributed by atoms with Crippen LogP contribution in [0.2, 0.25) is 5.02 Å². The molecule has 1 aromatic heterocycles. The molecule has 0 aliphatic carbocycles. The van der Waals surface area contributed by atoms with E-state index in [9.17, 15) is 9.90 Å². The summed E-state index contributed by atoms with van der Waals surface area (Å²) in [5, 5.41) is 10.5. The zero-order valence-electron chi connectivity index (χ0n) is 13.6. The van der Waals surface area contributed by atoms with Gasteiger partial charge < -0.3 is 14.8 Å². The average Bonchev–Trinajstić information content (AvgIpc) is 3.01. The minimum absolute atomic E-state index is 0.226. The summed E-state index contributed by atoms with van der Waals surface area (Å²) in [6, 6.07) is 11.1. The Morgan fingerprint density at radius 2 is 2.08 bits per heavy atom. The van der Waals surface area contributed by atoms with E-state index in [4.69, 9.17) is 16.3 Å². The van der Waals surface area contributed by atoms with Crippen molar-refractivity contribution < 1.29 is 14.6 Å². The van der Waals surface area contributed by atoms with Crippen LogP contribution in [0.4, 0.5) is 0 Å². The molecule has 3 aromatic rings. The lowest BCUT2D eigenvalue weighted by atomic mass is 10.0. The molecule has 0 bridgehead atoms. The maximum Gasteiger partial charge on any atom is 0.337 e. The number of nitrogens with one attached hydrogen (secondary N) is 1. The van der Waals surface area contributed by atoms with E-state index in [1.54, 1.807) is 18.3 Å². The van der Waals surface area contributed by atoms with Gasteiger partial charge in [-0.15, -0.1) is 0 Å². The highest BCUT2D eigenvalue weighted by atomic mass is 35.5. The molecule has 0 spiro atoms. The first-order chi connectivity index (χ1) is 12.1. The highest BCUT2D eigenvalue weighted by molar-refractivity contribution is 6.34. The zero-order chi connectivity index (χ0) is 17.8. The number of carbonyl (C=O) groups is 1. The van der Waals surface area contributed by atoms with Crippen LogP contribution in [0.3, 0.4) is 0 Å². The molecule has 1 heterocycles. The third-order valence-corrected chi connectivity index (χ3v) is 4.15. The van der Waals surface area contributed by atoms with Crippen molar-refractivity contribution in [3.63, 3.8) is 0 Å². The van der Waals surface area contributed by atoms with Gasteiger partial charge in [-0.3, -0.25) is 4.99 Å². The summed E-state index contributed by atoms with van der Waals surface area (Å²) in [4.78, 5) is 18.3. The number of fused-ring (bicyclic) bond motifs is 1. The molecule has 5 nitrogen and oxygen atoms in total. The third-order valence-electron chi connectivity index (χ3n) is 3.84. The molecule has 3 rings (SSSR count). The van der Waals surface area contributed by atoms with Crippen molar-refractivity contribution in [2.24, 2.45) is 4.99 Å². The summed E-state index contributed by atoms with van der Waals surface area (Å²) in [7, 11) is 0. The van der Waals surface area contributed by atoms with Crippen molar-refractivity contribution in [1.29, 1.82) is 0 Å². The van der Waals surface area contributed by atoms with Crippen LogP contribution < -0.4 is 4.74 Å². The molecule has 25 heavy (non-hydrogen) atoms. The molecule has 128 valence electrons. The van der Waals surface area contributed by atoms with Crippen molar-refractivity contribution in [2.75, 3.05) is 13.2 Å². The summed E-state index contributed by atoms with van der Waals surface area (Å²) >= 11 is 6.37. The number of carboxylic acids is 1. The predicted octanol–water partition coefficient (Wildman–Crippen LogP) is 4.66. The molecule has 0 radical (unpaired) electrons. The number of hydrogen-bond acceptors (Lipinski definition) is 3. The lowest BCUT2D eigenvalue weighted by Gasteiger charge is -2.08. The number of H-pyrrole nitrogens is 1. The molecule has 0 saturated heterocycles. The predicted molar refractivity (Wildman–Crippen MR) is 100 cm³/mol. The van der Waals surface area contributed by atoms with Crippen LogP contribution >= 0.6 is 11.6 Å². The van der Waals surface area contributed by atoms with E-state index in [0.717, 1.165) is 16.9 Å². The van der Waals surface area contributed by atoms with E-state index in [2.05, 4.69) is 9.98 Å². The summed E-state index contributed by atoms with van der Waals surface area (Å²) in [6.07, 6.45) is 3.22. The average molecular weight is 357 g/mol. The number of hydrogen-bond donors (Lipinski definition) is 2. The van der Waals surface area contributed by atoms with Crippen molar-refractivity contribution in [1.82, 2.24) is 4.98 Å². The van der Waals surface area contributed by atoms with Crippen LogP contribution in [-0.2, 0) is 0 Å². The van der Waals surface area contributed by atoms with Gasteiger partial charge in [0.15, 0.2) is 0 Å². The molecule has 2 aromatic carbocycles. The number of ether oxygens (including phenoxy) is 1. The van der Waals surface area contributed by atoms with Gasteiger partial charge in [0.05, 0.1) is 17.1 Å². The van der Waals surface area contributed by atoms with Crippen molar-refractivity contribution in [2.45, 2.75) is 6.92 Å². The Bertz CT molecular complexity index is 930. The fourth-order valence-corrected chi connectivity index (χ4v) is 2.89. The molecule has 0 saturated carbocycles. The number of rotatable bonds is 6. The number of benzene rings is 2. The molecule has 0 fully saturated rings. The van der Waals surface area contributed by atoms with Crippen molar-refractivity contribution >= 4 is 34.7 Å². The van der Waals surface area contributed by atoms with Gasteiger partial charge in [-0.25, -0.2) is 4.79 Å². The van der Waals surface area contributed by atoms with E-state index in [-0.39, 0.29) is 5.56 Å². The quantitative estimate of drug-likeness (QED) is 0.498. The van der Waals surface area contributed by atoms with Gasteiger partial charge in [-0.05, 0) is 43.0 Å². The SMILES string of the molecule is CC=NCCOc1ccc(-c2cc3c(C(=O)O)c[nH]c3cc2Cl)cc1.